The summed E-state index contributed by atoms with van der Waals surface area (Å²) in [6.07, 6.45) is 2.04. The van der Waals surface area contributed by atoms with E-state index in [4.69, 9.17) is 9.47 Å². The molecule has 3 rings (SSSR count). The Bertz CT molecular complexity index is 663. The standard InChI is InChI=1S/C16H25N3O2Si/c1-18-7-8-21-16-14(18)11-13-5-6-19(15(13)17-16)12-20-9-10-22(2,3)4/h5-6,11H,7-10,12H2,1-4H3. The van der Waals surface area contributed by atoms with Crippen LogP contribution in [-0.4, -0.2) is 44.4 Å². The number of hydrogen-bond donors (Lipinski definition) is 0. The Balaban J connectivity index is 1.74. The van der Waals surface area contributed by atoms with E-state index in [0.717, 1.165) is 35.8 Å². The number of pyridine rings is 1. The van der Waals surface area contributed by atoms with Gasteiger partial charge in [0, 0.05) is 33.3 Å². The first kappa shape index (κ1) is 15.4. The molecule has 0 N–H and O–H groups in total. The zero-order chi connectivity index (χ0) is 15.7. The van der Waals surface area contributed by atoms with Gasteiger partial charge in [0.2, 0.25) is 5.88 Å². The molecule has 0 aliphatic carbocycles. The highest BCUT2D eigenvalue weighted by Gasteiger charge is 2.18. The fourth-order valence-electron chi connectivity index (χ4n) is 2.51. The SMILES string of the molecule is CN1CCOc2nc3c(ccn3COCC[Si](C)(C)C)cc21. The van der Waals surface area contributed by atoms with E-state index < -0.39 is 8.07 Å². The summed E-state index contributed by atoms with van der Waals surface area (Å²) < 4.78 is 13.6. The number of hydrogen-bond acceptors (Lipinski definition) is 4. The summed E-state index contributed by atoms with van der Waals surface area (Å²) >= 11 is 0. The molecule has 22 heavy (non-hydrogen) atoms. The van der Waals surface area contributed by atoms with Crippen LogP contribution in [0.25, 0.3) is 11.0 Å². The summed E-state index contributed by atoms with van der Waals surface area (Å²) in [4.78, 5) is 6.87. The van der Waals surface area contributed by atoms with Gasteiger partial charge in [-0.2, -0.15) is 4.98 Å². The third-order valence-electron chi connectivity index (χ3n) is 3.99. The number of rotatable bonds is 5. The normalized spacial score (nSPS) is 15.0. The van der Waals surface area contributed by atoms with Crippen molar-refractivity contribution < 1.29 is 9.47 Å². The van der Waals surface area contributed by atoms with Crippen LogP contribution in [0.2, 0.25) is 25.7 Å². The minimum absolute atomic E-state index is 0.551. The monoisotopic (exact) mass is 319 g/mol. The predicted molar refractivity (Wildman–Crippen MR) is 92.6 cm³/mol. The van der Waals surface area contributed by atoms with E-state index in [2.05, 4.69) is 53.3 Å². The van der Waals surface area contributed by atoms with Crippen molar-refractivity contribution in [1.82, 2.24) is 9.55 Å². The second-order valence-electron chi connectivity index (χ2n) is 7.13. The van der Waals surface area contributed by atoms with Gasteiger partial charge in [-0.15, -0.1) is 0 Å². The molecular weight excluding hydrogens is 294 g/mol. The maximum absolute atomic E-state index is 5.83. The first-order chi connectivity index (χ1) is 10.4. The number of anilines is 1. The van der Waals surface area contributed by atoms with Crippen molar-refractivity contribution in [3.63, 3.8) is 0 Å². The Morgan fingerprint density at radius 2 is 2.18 bits per heavy atom. The molecule has 0 bridgehead atoms. The van der Waals surface area contributed by atoms with E-state index in [9.17, 15) is 0 Å². The molecule has 0 amide bonds. The van der Waals surface area contributed by atoms with Gasteiger partial charge < -0.3 is 18.9 Å². The molecule has 2 aromatic heterocycles. The zero-order valence-corrected chi connectivity index (χ0v) is 14.9. The van der Waals surface area contributed by atoms with Crippen molar-refractivity contribution in [3.05, 3.63) is 18.3 Å². The number of nitrogens with zero attached hydrogens (tertiary/aromatic N) is 3. The summed E-state index contributed by atoms with van der Waals surface area (Å²) in [6.45, 7) is 10.1. The smallest absolute Gasteiger partial charge is 0.239 e. The Labute approximate surface area is 132 Å². The van der Waals surface area contributed by atoms with Crippen molar-refractivity contribution in [2.45, 2.75) is 32.4 Å². The quantitative estimate of drug-likeness (QED) is 0.627. The van der Waals surface area contributed by atoms with E-state index in [1.54, 1.807) is 0 Å². The van der Waals surface area contributed by atoms with Crippen LogP contribution in [0.4, 0.5) is 5.69 Å². The molecule has 120 valence electrons. The molecule has 0 fully saturated rings. The highest BCUT2D eigenvalue weighted by atomic mass is 28.3. The van der Waals surface area contributed by atoms with E-state index in [0.29, 0.717) is 13.3 Å². The van der Waals surface area contributed by atoms with Crippen LogP contribution in [0.1, 0.15) is 0 Å². The lowest BCUT2D eigenvalue weighted by atomic mass is 10.2. The summed E-state index contributed by atoms with van der Waals surface area (Å²) in [6, 6.07) is 5.42. The first-order valence-electron chi connectivity index (χ1n) is 7.86. The largest absolute Gasteiger partial charge is 0.474 e. The molecule has 5 nitrogen and oxygen atoms in total. The van der Waals surface area contributed by atoms with Crippen LogP contribution in [0.15, 0.2) is 18.3 Å². The van der Waals surface area contributed by atoms with Crippen LogP contribution >= 0.6 is 0 Å². The molecule has 0 aromatic carbocycles. The van der Waals surface area contributed by atoms with Gasteiger partial charge in [-0.3, -0.25) is 0 Å². The van der Waals surface area contributed by atoms with Crippen LogP contribution in [0, 0.1) is 0 Å². The second-order valence-corrected chi connectivity index (χ2v) is 12.8. The Hall–Kier alpha value is -1.53. The third-order valence-corrected chi connectivity index (χ3v) is 5.69. The molecular formula is C16H25N3O2Si. The fraction of sp³-hybridized carbons (Fsp3) is 0.562. The van der Waals surface area contributed by atoms with E-state index in [-0.39, 0.29) is 0 Å². The number of aromatic nitrogens is 2. The van der Waals surface area contributed by atoms with Crippen molar-refractivity contribution in [2.24, 2.45) is 0 Å². The van der Waals surface area contributed by atoms with E-state index >= 15 is 0 Å². The van der Waals surface area contributed by atoms with Crippen LogP contribution in [-0.2, 0) is 11.5 Å². The molecule has 2 aromatic rings. The van der Waals surface area contributed by atoms with Gasteiger partial charge in [-0.25, -0.2) is 0 Å². The zero-order valence-electron chi connectivity index (χ0n) is 13.9. The van der Waals surface area contributed by atoms with Crippen LogP contribution in [0.5, 0.6) is 5.88 Å². The van der Waals surface area contributed by atoms with E-state index in [1.165, 1.54) is 6.04 Å². The number of fused-ring (bicyclic) bond motifs is 2. The van der Waals surface area contributed by atoms with Crippen molar-refractivity contribution in [3.8, 4) is 5.88 Å². The maximum Gasteiger partial charge on any atom is 0.239 e. The summed E-state index contributed by atoms with van der Waals surface area (Å²) in [7, 11) is 1.04. The molecule has 6 heteroatoms. The second kappa shape index (κ2) is 5.93. The maximum atomic E-state index is 5.83. The highest BCUT2D eigenvalue weighted by molar-refractivity contribution is 6.76. The molecule has 0 saturated heterocycles. The molecule has 0 atom stereocenters. The summed E-state index contributed by atoms with van der Waals surface area (Å²) in [5.41, 5.74) is 2.00. The van der Waals surface area contributed by atoms with Crippen LogP contribution < -0.4 is 9.64 Å². The van der Waals surface area contributed by atoms with Crippen molar-refractivity contribution in [2.75, 3.05) is 31.7 Å². The van der Waals surface area contributed by atoms with Gasteiger partial charge >= 0.3 is 0 Å². The topological polar surface area (TPSA) is 39.5 Å². The third kappa shape index (κ3) is 3.28. The molecule has 0 spiro atoms. The molecule has 3 heterocycles. The summed E-state index contributed by atoms with van der Waals surface area (Å²) in [5.74, 6) is 0.725. The minimum atomic E-state index is -1.04. The summed E-state index contributed by atoms with van der Waals surface area (Å²) in [5, 5.41) is 1.13. The Kier molecular flexibility index (Phi) is 4.14. The lowest BCUT2D eigenvalue weighted by molar-refractivity contribution is 0.0898. The molecule has 0 saturated carbocycles. The van der Waals surface area contributed by atoms with E-state index in [1.807, 2.05) is 6.20 Å². The van der Waals surface area contributed by atoms with Gasteiger partial charge in [0.1, 0.15) is 24.7 Å². The fourth-order valence-corrected chi connectivity index (χ4v) is 3.27. The average molecular weight is 319 g/mol. The minimum Gasteiger partial charge on any atom is -0.474 e. The lowest BCUT2D eigenvalue weighted by Gasteiger charge is -2.26. The average Bonchev–Trinajstić information content (AvgIpc) is 2.84. The molecule has 1 aliphatic rings. The van der Waals surface area contributed by atoms with Gasteiger partial charge in [0.25, 0.3) is 0 Å². The molecule has 1 aliphatic heterocycles. The molecule has 0 unspecified atom stereocenters. The van der Waals surface area contributed by atoms with Crippen molar-refractivity contribution >= 4 is 24.8 Å². The van der Waals surface area contributed by atoms with Gasteiger partial charge in [-0.1, -0.05) is 19.6 Å². The van der Waals surface area contributed by atoms with Gasteiger partial charge in [0.15, 0.2) is 0 Å². The van der Waals surface area contributed by atoms with Crippen molar-refractivity contribution in [1.29, 1.82) is 0 Å². The predicted octanol–water partition coefficient (Wildman–Crippen LogP) is 3.18. The highest BCUT2D eigenvalue weighted by Crippen LogP contribution is 2.32. The van der Waals surface area contributed by atoms with Crippen LogP contribution in [0.3, 0.4) is 0 Å². The lowest BCUT2D eigenvalue weighted by Crippen LogP contribution is -2.29. The van der Waals surface area contributed by atoms with Gasteiger partial charge in [-0.05, 0) is 18.2 Å². The molecule has 0 radical (unpaired) electrons. The number of likely N-dealkylation sites (N-methyl/N-ethyl adjacent to an activating group) is 1. The Morgan fingerprint density at radius 3 is 2.95 bits per heavy atom. The Morgan fingerprint density at radius 1 is 1.36 bits per heavy atom. The number of ether oxygens (including phenoxy) is 2. The first-order valence-corrected chi connectivity index (χ1v) is 11.6. The van der Waals surface area contributed by atoms with Gasteiger partial charge in [0.05, 0.1) is 6.54 Å².